The number of anilines is 1. The van der Waals surface area contributed by atoms with Crippen molar-refractivity contribution in [3.8, 4) is 5.69 Å². The van der Waals surface area contributed by atoms with Crippen molar-refractivity contribution in [2.45, 2.75) is 32.5 Å². The molecule has 1 amide bonds. The minimum absolute atomic E-state index is 0.0607. The molecule has 25 heavy (non-hydrogen) atoms. The van der Waals surface area contributed by atoms with Crippen molar-refractivity contribution >= 4 is 23.4 Å². The number of hydrogen-bond donors (Lipinski definition) is 1. The molecule has 0 aliphatic heterocycles. The summed E-state index contributed by atoms with van der Waals surface area (Å²) in [6.45, 7) is 6.75. The summed E-state index contributed by atoms with van der Waals surface area (Å²) < 4.78 is 3.86. The van der Waals surface area contributed by atoms with Crippen LogP contribution in [0.5, 0.6) is 0 Å². The van der Waals surface area contributed by atoms with Crippen molar-refractivity contribution in [1.82, 2.24) is 19.3 Å². The van der Waals surface area contributed by atoms with Gasteiger partial charge in [-0.15, -0.1) is 0 Å². The highest BCUT2D eigenvalue weighted by molar-refractivity contribution is 7.99. The number of carbonyl (C=O) groups is 1. The normalized spacial score (nSPS) is 10.8. The van der Waals surface area contributed by atoms with Crippen molar-refractivity contribution in [2.75, 3.05) is 11.1 Å². The smallest absolute Gasteiger partial charge is 0.234 e. The quantitative estimate of drug-likeness (QED) is 0.688. The van der Waals surface area contributed by atoms with E-state index in [9.17, 15) is 4.79 Å². The van der Waals surface area contributed by atoms with E-state index < -0.39 is 0 Å². The molecular formula is C18H21N5OS. The molecule has 7 heteroatoms. The third-order valence-corrected chi connectivity index (χ3v) is 4.91. The second kappa shape index (κ2) is 7.57. The Kier molecular flexibility index (Phi) is 5.23. The molecule has 1 aromatic carbocycles. The van der Waals surface area contributed by atoms with Gasteiger partial charge in [0.15, 0.2) is 5.16 Å². The second-order valence-corrected chi connectivity index (χ2v) is 6.57. The first-order valence-electron chi connectivity index (χ1n) is 8.15. The Balaban J connectivity index is 1.70. The first kappa shape index (κ1) is 17.3. The van der Waals surface area contributed by atoms with E-state index in [1.54, 1.807) is 6.20 Å². The van der Waals surface area contributed by atoms with Gasteiger partial charge in [-0.25, -0.2) is 9.67 Å². The van der Waals surface area contributed by atoms with Gasteiger partial charge in [-0.1, -0.05) is 30.0 Å². The van der Waals surface area contributed by atoms with Gasteiger partial charge < -0.3 is 9.88 Å². The lowest BCUT2D eigenvalue weighted by Crippen LogP contribution is -2.15. The number of amides is 1. The van der Waals surface area contributed by atoms with Crippen molar-refractivity contribution in [2.24, 2.45) is 0 Å². The van der Waals surface area contributed by atoms with Gasteiger partial charge in [0.2, 0.25) is 5.91 Å². The van der Waals surface area contributed by atoms with Crippen LogP contribution in [-0.2, 0) is 11.3 Å². The van der Waals surface area contributed by atoms with E-state index in [4.69, 9.17) is 0 Å². The number of imidazole rings is 1. The number of aromatic nitrogens is 4. The maximum atomic E-state index is 12.4. The Morgan fingerprint density at radius 3 is 2.72 bits per heavy atom. The fourth-order valence-electron chi connectivity index (χ4n) is 2.63. The molecule has 6 nitrogen and oxygen atoms in total. The van der Waals surface area contributed by atoms with E-state index >= 15 is 0 Å². The van der Waals surface area contributed by atoms with Crippen LogP contribution in [0.1, 0.15) is 18.3 Å². The molecule has 0 unspecified atom stereocenters. The standard InChI is InChI=1S/C18H21N5OS/c1-4-22-11-10-19-18(22)25-12-16(24)20-17-13(2)21-23(14(17)3)15-8-6-5-7-9-15/h5-11H,4,12H2,1-3H3,(H,20,24). The summed E-state index contributed by atoms with van der Waals surface area (Å²) in [5, 5.41) is 8.39. The Hall–Kier alpha value is -2.54. The van der Waals surface area contributed by atoms with Crippen LogP contribution in [-0.4, -0.2) is 31.0 Å². The monoisotopic (exact) mass is 355 g/mol. The lowest BCUT2D eigenvalue weighted by Gasteiger charge is -2.07. The van der Waals surface area contributed by atoms with Gasteiger partial charge in [0.1, 0.15) is 0 Å². The molecule has 130 valence electrons. The maximum absolute atomic E-state index is 12.4. The Morgan fingerprint density at radius 2 is 2.00 bits per heavy atom. The number of para-hydroxylation sites is 1. The van der Waals surface area contributed by atoms with E-state index in [0.29, 0.717) is 5.75 Å². The molecule has 0 radical (unpaired) electrons. The fourth-order valence-corrected chi connectivity index (χ4v) is 3.45. The first-order valence-corrected chi connectivity index (χ1v) is 9.14. The number of hydrogen-bond acceptors (Lipinski definition) is 4. The Morgan fingerprint density at radius 1 is 1.24 bits per heavy atom. The predicted octanol–water partition coefficient (Wildman–Crippen LogP) is 3.44. The van der Waals surface area contributed by atoms with Crippen molar-refractivity contribution in [1.29, 1.82) is 0 Å². The zero-order valence-corrected chi connectivity index (χ0v) is 15.4. The zero-order chi connectivity index (χ0) is 17.8. The average Bonchev–Trinajstić information content (AvgIpc) is 3.20. The summed E-state index contributed by atoms with van der Waals surface area (Å²) in [4.78, 5) is 16.6. The lowest BCUT2D eigenvalue weighted by molar-refractivity contribution is -0.113. The third-order valence-electron chi connectivity index (χ3n) is 3.91. The van der Waals surface area contributed by atoms with E-state index in [0.717, 1.165) is 34.5 Å². The van der Waals surface area contributed by atoms with Crippen molar-refractivity contribution < 1.29 is 4.79 Å². The van der Waals surface area contributed by atoms with Crippen LogP contribution >= 0.6 is 11.8 Å². The van der Waals surface area contributed by atoms with Gasteiger partial charge in [0.05, 0.1) is 28.5 Å². The molecule has 0 aliphatic rings. The van der Waals surface area contributed by atoms with Crippen LogP contribution < -0.4 is 5.32 Å². The van der Waals surface area contributed by atoms with Crippen LogP contribution in [0.4, 0.5) is 5.69 Å². The first-order chi connectivity index (χ1) is 12.1. The maximum Gasteiger partial charge on any atom is 0.234 e. The molecule has 0 atom stereocenters. The number of thioether (sulfide) groups is 1. The van der Waals surface area contributed by atoms with E-state index in [-0.39, 0.29) is 5.91 Å². The summed E-state index contributed by atoms with van der Waals surface area (Å²) in [6.07, 6.45) is 3.67. The van der Waals surface area contributed by atoms with Gasteiger partial charge in [-0.05, 0) is 32.9 Å². The van der Waals surface area contributed by atoms with Crippen LogP contribution in [0.2, 0.25) is 0 Å². The molecule has 2 aromatic heterocycles. The van der Waals surface area contributed by atoms with Crippen LogP contribution in [0.25, 0.3) is 5.69 Å². The number of benzene rings is 1. The number of rotatable bonds is 6. The molecule has 2 heterocycles. The Bertz CT molecular complexity index is 869. The number of carbonyl (C=O) groups excluding carboxylic acids is 1. The van der Waals surface area contributed by atoms with Crippen molar-refractivity contribution in [3.05, 3.63) is 54.1 Å². The van der Waals surface area contributed by atoms with Gasteiger partial charge in [-0.2, -0.15) is 5.10 Å². The molecule has 0 saturated heterocycles. The summed E-state index contributed by atoms with van der Waals surface area (Å²) in [7, 11) is 0. The summed E-state index contributed by atoms with van der Waals surface area (Å²) in [5.74, 6) is 0.251. The van der Waals surface area contributed by atoms with Gasteiger partial charge in [0.25, 0.3) is 0 Å². The summed E-state index contributed by atoms with van der Waals surface area (Å²) in [6, 6.07) is 9.89. The number of nitrogens with one attached hydrogen (secondary N) is 1. The van der Waals surface area contributed by atoms with Crippen LogP contribution in [0.3, 0.4) is 0 Å². The van der Waals surface area contributed by atoms with Gasteiger partial charge in [-0.3, -0.25) is 4.79 Å². The largest absolute Gasteiger partial charge is 0.326 e. The van der Waals surface area contributed by atoms with Crippen LogP contribution in [0.15, 0.2) is 47.9 Å². The summed E-state index contributed by atoms with van der Waals surface area (Å²) in [5.41, 5.74) is 3.46. The van der Waals surface area contributed by atoms with Crippen LogP contribution in [0, 0.1) is 13.8 Å². The molecule has 1 N–H and O–H groups in total. The molecular weight excluding hydrogens is 334 g/mol. The Labute approximate surface area is 151 Å². The zero-order valence-electron chi connectivity index (χ0n) is 14.6. The predicted molar refractivity (Wildman–Crippen MR) is 100 cm³/mol. The SMILES string of the molecule is CCn1ccnc1SCC(=O)Nc1c(C)nn(-c2ccccc2)c1C. The molecule has 0 saturated carbocycles. The fraction of sp³-hybridized carbons (Fsp3) is 0.278. The molecule has 0 aliphatic carbocycles. The highest BCUT2D eigenvalue weighted by atomic mass is 32.2. The summed E-state index contributed by atoms with van der Waals surface area (Å²) >= 11 is 1.43. The lowest BCUT2D eigenvalue weighted by atomic mass is 10.3. The number of nitrogens with zero attached hydrogens (tertiary/aromatic N) is 4. The highest BCUT2D eigenvalue weighted by Crippen LogP contribution is 2.23. The average molecular weight is 355 g/mol. The number of aryl methyl sites for hydroxylation is 2. The van der Waals surface area contributed by atoms with Gasteiger partial charge >= 0.3 is 0 Å². The topological polar surface area (TPSA) is 64.7 Å². The third kappa shape index (κ3) is 3.76. The molecule has 3 rings (SSSR count). The highest BCUT2D eigenvalue weighted by Gasteiger charge is 2.15. The minimum atomic E-state index is -0.0607. The molecule has 3 aromatic rings. The molecule has 0 spiro atoms. The molecule has 0 fully saturated rings. The molecule has 0 bridgehead atoms. The van der Waals surface area contributed by atoms with E-state index in [1.165, 1.54) is 11.8 Å². The van der Waals surface area contributed by atoms with E-state index in [2.05, 4.69) is 22.3 Å². The van der Waals surface area contributed by atoms with Crippen molar-refractivity contribution in [3.63, 3.8) is 0 Å². The minimum Gasteiger partial charge on any atom is -0.326 e. The second-order valence-electron chi connectivity index (χ2n) is 5.63. The van der Waals surface area contributed by atoms with E-state index in [1.807, 2.05) is 59.6 Å². The van der Waals surface area contributed by atoms with Gasteiger partial charge in [0, 0.05) is 18.9 Å².